The van der Waals surface area contributed by atoms with Gasteiger partial charge in [0.1, 0.15) is 0 Å². The van der Waals surface area contributed by atoms with E-state index in [-0.39, 0.29) is 0 Å². The van der Waals surface area contributed by atoms with E-state index in [0.717, 1.165) is 0 Å². The zero-order valence-corrected chi connectivity index (χ0v) is 22.3. The van der Waals surface area contributed by atoms with E-state index < -0.39 is 51.9 Å². The van der Waals surface area contributed by atoms with Crippen molar-refractivity contribution in [3.05, 3.63) is 0 Å². The van der Waals surface area contributed by atoms with Crippen molar-refractivity contribution in [2.75, 3.05) is 0 Å². The Hall–Kier alpha value is 0.981. The lowest BCUT2D eigenvalue weighted by molar-refractivity contribution is 0.129. The molecule has 0 aliphatic carbocycles. The maximum absolute atomic E-state index is 10.2. The molecule has 0 aromatic rings. The van der Waals surface area contributed by atoms with Crippen molar-refractivity contribution in [1.29, 1.82) is 0 Å². The van der Waals surface area contributed by atoms with Gasteiger partial charge in [0.25, 0.3) is 0 Å². The van der Waals surface area contributed by atoms with E-state index in [0.29, 0.717) is 0 Å². The second kappa shape index (κ2) is 6.86. The summed E-state index contributed by atoms with van der Waals surface area (Å²) in [6.45, 7) is 17.7. The molecule has 0 bridgehead atoms. The highest BCUT2D eigenvalue weighted by Gasteiger charge is 2.59. The van der Waals surface area contributed by atoms with Crippen LogP contribution in [-0.4, -0.2) is 61.4 Å². The molecule has 0 radical (unpaired) electrons. The number of hydrogen-bond donors (Lipinski definition) is 2. The van der Waals surface area contributed by atoms with Crippen molar-refractivity contribution < 1.29 is 34.3 Å². The lowest BCUT2D eigenvalue weighted by Crippen LogP contribution is -2.70. The van der Waals surface area contributed by atoms with E-state index in [1.807, 2.05) is 26.2 Å². The smallest absolute Gasteiger partial charge is 0.416 e. The summed E-state index contributed by atoms with van der Waals surface area (Å²) in [6, 6.07) is 0. The van der Waals surface area contributed by atoms with Gasteiger partial charge in [-0.25, -0.2) is 0 Å². The highest BCUT2D eigenvalue weighted by molar-refractivity contribution is 6.93. The van der Waals surface area contributed by atoms with Gasteiger partial charge in [0.15, 0.2) is 0 Å². The first-order valence-electron chi connectivity index (χ1n) is 7.90. The fraction of sp³-hybridized carbons (Fsp3) is 1.00. The topological polar surface area (TPSA) is 95.8 Å². The molecule has 0 aromatic carbocycles. The summed E-state index contributed by atoms with van der Waals surface area (Å²) < 4.78 is 36.6. The fourth-order valence-corrected chi connectivity index (χ4v) is 29.1. The highest BCUT2D eigenvalue weighted by atomic mass is 28.6. The molecule has 14 heteroatoms. The summed E-state index contributed by atoms with van der Waals surface area (Å²) >= 11 is 0. The first-order chi connectivity index (χ1) is 10.2. The summed E-state index contributed by atoms with van der Waals surface area (Å²) in [5, 5.41) is 0. The van der Waals surface area contributed by atoms with Crippen LogP contribution < -0.4 is 0 Å². The molecule has 1 aliphatic rings. The van der Waals surface area contributed by atoms with Gasteiger partial charge in [-0.15, -0.1) is 0 Å². The average Bonchev–Trinajstić information content (AvgIpc) is 1.98. The quantitative estimate of drug-likeness (QED) is 0.631. The second-order valence-electron chi connectivity index (χ2n) is 8.03. The summed E-state index contributed by atoms with van der Waals surface area (Å²) in [7, 11) is -17.6. The van der Waals surface area contributed by atoms with Crippen molar-refractivity contribution >= 4 is 51.9 Å². The first kappa shape index (κ1) is 23.0. The van der Waals surface area contributed by atoms with Gasteiger partial charge in [-0.05, 0) is 52.4 Å². The van der Waals surface area contributed by atoms with Crippen LogP contribution in [0.1, 0.15) is 0 Å². The molecule has 1 fully saturated rings. The zero-order valence-electron chi connectivity index (χ0n) is 16.3. The Kier molecular flexibility index (Phi) is 6.58. The van der Waals surface area contributed by atoms with Crippen LogP contribution in [0, 0.1) is 0 Å². The van der Waals surface area contributed by atoms with E-state index in [2.05, 4.69) is 0 Å². The minimum atomic E-state index is -3.29. The molecule has 2 unspecified atom stereocenters. The van der Waals surface area contributed by atoms with Crippen LogP contribution in [-0.2, 0) is 24.7 Å². The van der Waals surface area contributed by atoms with E-state index in [9.17, 15) is 9.59 Å². The van der Waals surface area contributed by atoms with E-state index >= 15 is 0 Å². The van der Waals surface area contributed by atoms with Gasteiger partial charge in [-0.2, -0.15) is 0 Å². The van der Waals surface area contributed by atoms with Crippen LogP contribution in [0.15, 0.2) is 0 Å². The maximum atomic E-state index is 10.2. The van der Waals surface area contributed by atoms with E-state index in [4.69, 9.17) is 24.7 Å². The zero-order chi connectivity index (χ0) is 19.2. The third-order valence-corrected chi connectivity index (χ3v) is 23.4. The number of rotatable bonds is 4. The third kappa shape index (κ3) is 8.12. The van der Waals surface area contributed by atoms with Gasteiger partial charge in [0.2, 0.25) is 0 Å². The molecule has 1 heterocycles. The van der Waals surface area contributed by atoms with Crippen molar-refractivity contribution in [2.45, 2.75) is 65.5 Å². The SMILES string of the molecule is C[Si](C)(O)O[Si]1(C)O[Si](C)(C)O[Si](C)(C)O[Si](C)(O[Si](C)(C)O)O1. The Balaban J connectivity index is 3.26. The maximum Gasteiger partial charge on any atom is 0.472 e. The summed E-state index contributed by atoms with van der Waals surface area (Å²) in [4.78, 5) is 20.5. The predicted octanol–water partition coefficient (Wildman–Crippen LogP) is 2.03. The Morgan fingerprint density at radius 1 is 0.583 bits per heavy atom. The molecule has 0 saturated carbocycles. The highest BCUT2D eigenvalue weighted by Crippen LogP contribution is 2.33. The third-order valence-electron chi connectivity index (χ3n) is 2.60. The molecule has 1 aliphatic heterocycles. The van der Waals surface area contributed by atoms with Gasteiger partial charge < -0.3 is 34.3 Å². The summed E-state index contributed by atoms with van der Waals surface area (Å²) in [5.41, 5.74) is 0. The Bertz CT molecular complexity index is 423. The van der Waals surface area contributed by atoms with E-state index in [1.54, 1.807) is 39.3 Å². The second-order valence-corrected chi connectivity index (χ2v) is 27.8. The minimum absolute atomic E-state index is 1.65. The molecule has 1 saturated heterocycles. The number of hydrogen-bond acceptors (Lipinski definition) is 8. The predicted molar refractivity (Wildman–Crippen MR) is 104 cm³/mol. The standard InChI is InChI=1S/C10H32O8Si6/c1-19(2,11)13-23(9)16-21(5,6)15-22(7,8)17-24(10,18-23)14-20(3,4)12/h11-12H,1-10H3. The lowest BCUT2D eigenvalue weighted by atomic mass is 11.9. The molecule has 8 nitrogen and oxygen atoms in total. The van der Waals surface area contributed by atoms with Gasteiger partial charge >= 0.3 is 51.9 Å². The normalized spacial score (nSPS) is 34.5. The fourth-order valence-electron chi connectivity index (χ4n) is 2.90. The molecule has 24 heavy (non-hydrogen) atoms. The van der Waals surface area contributed by atoms with Gasteiger partial charge in [0, 0.05) is 13.1 Å². The Morgan fingerprint density at radius 2 is 0.875 bits per heavy atom. The van der Waals surface area contributed by atoms with Crippen molar-refractivity contribution in [3.63, 3.8) is 0 Å². The molecular weight excluding hydrogens is 417 g/mol. The largest absolute Gasteiger partial charge is 0.472 e. The molecule has 0 spiro atoms. The molecule has 2 atom stereocenters. The van der Waals surface area contributed by atoms with Gasteiger partial charge in [-0.1, -0.05) is 0 Å². The van der Waals surface area contributed by atoms with Crippen LogP contribution in [0.2, 0.25) is 65.5 Å². The van der Waals surface area contributed by atoms with Crippen molar-refractivity contribution in [1.82, 2.24) is 0 Å². The lowest BCUT2D eigenvalue weighted by Gasteiger charge is -2.48. The average molecular weight is 449 g/mol. The molecular formula is C10H32O8Si6. The minimum Gasteiger partial charge on any atom is -0.416 e. The first-order valence-corrected chi connectivity index (χ1v) is 23.7. The Labute approximate surface area is 151 Å². The van der Waals surface area contributed by atoms with Crippen molar-refractivity contribution in [2.24, 2.45) is 0 Å². The molecule has 0 amide bonds. The molecule has 0 aromatic heterocycles. The molecule has 1 rings (SSSR count). The summed E-state index contributed by atoms with van der Waals surface area (Å²) in [6.07, 6.45) is 0. The summed E-state index contributed by atoms with van der Waals surface area (Å²) in [5.74, 6) is 0. The van der Waals surface area contributed by atoms with Crippen LogP contribution in [0.3, 0.4) is 0 Å². The van der Waals surface area contributed by atoms with Crippen LogP contribution in [0.5, 0.6) is 0 Å². The van der Waals surface area contributed by atoms with Crippen LogP contribution >= 0.6 is 0 Å². The molecule has 2 N–H and O–H groups in total. The van der Waals surface area contributed by atoms with Crippen molar-refractivity contribution in [3.8, 4) is 0 Å². The van der Waals surface area contributed by atoms with Gasteiger partial charge in [-0.3, -0.25) is 0 Å². The monoisotopic (exact) mass is 448 g/mol. The Morgan fingerprint density at radius 3 is 1.12 bits per heavy atom. The van der Waals surface area contributed by atoms with E-state index in [1.165, 1.54) is 0 Å². The molecule has 144 valence electrons. The van der Waals surface area contributed by atoms with Crippen LogP contribution in [0.25, 0.3) is 0 Å². The van der Waals surface area contributed by atoms with Gasteiger partial charge in [0.05, 0.1) is 0 Å². The van der Waals surface area contributed by atoms with Crippen LogP contribution in [0.4, 0.5) is 0 Å².